The number of nitrogens with one attached hydrogen (secondary N) is 1. The van der Waals surface area contributed by atoms with E-state index in [1.807, 2.05) is 13.0 Å². The van der Waals surface area contributed by atoms with Crippen LogP contribution >= 0.6 is 15.9 Å². The van der Waals surface area contributed by atoms with Crippen LogP contribution in [0.4, 0.5) is 11.4 Å². The van der Waals surface area contributed by atoms with Crippen molar-refractivity contribution in [3.8, 4) is 0 Å². The highest BCUT2D eigenvalue weighted by molar-refractivity contribution is 9.10. The molecule has 0 saturated heterocycles. The number of halogens is 1. The van der Waals surface area contributed by atoms with Gasteiger partial charge >= 0.3 is 0 Å². The summed E-state index contributed by atoms with van der Waals surface area (Å²) in [6.45, 7) is 3.50. The number of nitrogens with zero attached hydrogens (tertiary/aromatic N) is 1. The van der Waals surface area contributed by atoms with Crippen molar-refractivity contribution in [2.75, 3.05) is 5.32 Å². The molecule has 2 aromatic rings. The van der Waals surface area contributed by atoms with Gasteiger partial charge in [-0.2, -0.15) is 0 Å². The number of rotatable bonds is 3. The van der Waals surface area contributed by atoms with E-state index in [2.05, 4.69) is 21.2 Å². The van der Waals surface area contributed by atoms with Crippen LogP contribution in [0, 0.1) is 24.0 Å². The van der Waals surface area contributed by atoms with Crippen LogP contribution in [0.15, 0.2) is 40.9 Å². The predicted molar refractivity (Wildman–Crippen MR) is 84.7 cm³/mol. The molecule has 6 heteroatoms. The molecule has 21 heavy (non-hydrogen) atoms. The molecule has 0 aromatic heterocycles. The first kappa shape index (κ1) is 15.2. The third kappa shape index (κ3) is 3.11. The second-order valence-corrected chi connectivity index (χ2v) is 5.39. The number of anilines is 1. The minimum Gasteiger partial charge on any atom is -0.321 e. The van der Waals surface area contributed by atoms with Gasteiger partial charge < -0.3 is 5.32 Å². The number of benzene rings is 2. The summed E-state index contributed by atoms with van der Waals surface area (Å²) in [5, 5.41) is 13.6. The van der Waals surface area contributed by atoms with Crippen LogP contribution in [0.3, 0.4) is 0 Å². The number of aryl methyl sites for hydroxylation is 1. The van der Waals surface area contributed by atoms with Gasteiger partial charge in [-0.1, -0.05) is 18.2 Å². The highest BCUT2D eigenvalue weighted by atomic mass is 79.9. The number of nitro groups is 1. The Morgan fingerprint density at radius 3 is 2.52 bits per heavy atom. The zero-order valence-corrected chi connectivity index (χ0v) is 13.1. The summed E-state index contributed by atoms with van der Waals surface area (Å²) < 4.78 is 0.714. The predicted octanol–water partition coefficient (Wildman–Crippen LogP) is 4.23. The Balaban J connectivity index is 2.34. The summed E-state index contributed by atoms with van der Waals surface area (Å²) >= 11 is 3.38. The van der Waals surface area contributed by atoms with Gasteiger partial charge in [0.25, 0.3) is 11.6 Å². The molecule has 0 bridgehead atoms. The van der Waals surface area contributed by atoms with Crippen LogP contribution in [-0.2, 0) is 0 Å². The minimum atomic E-state index is -0.465. The number of nitro benzene ring substituents is 1. The van der Waals surface area contributed by atoms with Gasteiger partial charge in [0.05, 0.1) is 21.7 Å². The molecular weight excluding hydrogens is 336 g/mol. The Morgan fingerprint density at radius 2 is 1.86 bits per heavy atom. The Kier molecular flexibility index (Phi) is 4.37. The van der Waals surface area contributed by atoms with E-state index in [0.717, 1.165) is 5.56 Å². The Bertz CT molecular complexity index is 729. The van der Waals surface area contributed by atoms with Crippen molar-refractivity contribution in [2.45, 2.75) is 13.8 Å². The van der Waals surface area contributed by atoms with E-state index in [4.69, 9.17) is 0 Å². The van der Waals surface area contributed by atoms with Gasteiger partial charge in [0, 0.05) is 10.5 Å². The summed E-state index contributed by atoms with van der Waals surface area (Å²) in [6.07, 6.45) is 0. The molecule has 0 unspecified atom stereocenters. The smallest absolute Gasteiger partial charge is 0.274 e. The summed E-state index contributed by atoms with van der Waals surface area (Å²) in [6, 6.07) is 9.97. The molecule has 0 aliphatic heterocycles. The van der Waals surface area contributed by atoms with Gasteiger partial charge in [0.2, 0.25) is 0 Å². The van der Waals surface area contributed by atoms with Crippen LogP contribution in [0.1, 0.15) is 21.5 Å². The molecule has 0 radical (unpaired) electrons. The standard InChI is InChI=1S/C15H13BrN2O3/c1-9-5-3-6-11(14(9)16)15(19)17-12-7-4-8-13(10(12)2)18(20)21/h3-8H,1-2H3,(H,17,19). The summed E-state index contributed by atoms with van der Waals surface area (Å²) in [5.41, 5.74) is 2.28. The quantitative estimate of drug-likeness (QED) is 0.666. The molecule has 5 nitrogen and oxygen atoms in total. The fourth-order valence-electron chi connectivity index (χ4n) is 1.97. The maximum absolute atomic E-state index is 12.3. The third-order valence-corrected chi connectivity index (χ3v) is 4.24. The molecule has 2 rings (SSSR count). The number of carbonyl (C=O) groups excluding carboxylic acids is 1. The minimum absolute atomic E-state index is 0.0175. The fraction of sp³-hybridized carbons (Fsp3) is 0.133. The number of hydrogen-bond donors (Lipinski definition) is 1. The highest BCUT2D eigenvalue weighted by Crippen LogP contribution is 2.27. The van der Waals surface area contributed by atoms with E-state index in [0.29, 0.717) is 21.3 Å². The van der Waals surface area contributed by atoms with E-state index in [9.17, 15) is 14.9 Å². The van der Waals surface area contributed by atoms with Crippen molar-refractivity contribution in [3.63, 3.8) is 0 Å². The lowest BCUT2D eigenvalue weighted by molar-refractivity contribution is -0.385. The number of carbonyl (C=O) groups is 1. The Morgan fingerprint density at radius 1 is 1.19 bits per heavy atom. The summed E-state index contributed by atoms with van der Waals surface area (Å²) in [5.74, 6) is -0.311. The van der Waals surface area contributed by atoms with Gasteiger partial charge in [-0.25, -0.2) is 0 Å². The topological polar surface area (TPSA) is 72.2 Å². The largest absolute Gasteiger partial charge is 0.321 e. The molecule has 2 aromatic carbocycles. The van der Waals surface area contributed by atoms with Crippen molar-refractivity contribution in [1.29, 1.82) is 0 Å². The van der Waals surface area contributed by atoms with Crippen molar-refractivity contribution in [2.24, 2.45) is 0 Å². The molecule has 108 valence electrons. The lowest BCUT2D eigenvalue weighted by Gasteiger charge is -2.10. The van der Waals surface area contributed by atoms with Gasteiger partial charge in [-0.15, -0.1) is 0 Å². The number of hydrogen-bond acceptors (Lipinski definition) is 3. The second kappa shape index (κ2) is 6.05. The SMILES string of the molecule is Cc1cccc(C(=O)Nc2cccc([N+](=O)[O-])c2C)c1Br. The molecule has 0 aliphatic rings. The normalized spacial score (nSPS) is 10.2. The van der Waals surface area contributed by atoms with Crippen molar-refractivity contribution < 1.29 is 9.72 Å². The van der Waals surface area contributed by atoms with Gasteiger partial charge in [-0.3, -0.25) is 14.9 Å². The first-order chi connectivity index (χ1) is 9.91. The first-order valence-electron chi connectivity index (χ1n) is 6.22. The molecule has 0 atom stereocenters. The highest BCUT2D eigenvalue weighted by Gasteiger charge is 2.17. The van der Waals surface area contributed by atoms with Gasteiger partial charge in [0.1, 0.15) is 0 Å². The lowest BCUT2D eigenvalue weighted by atomic mass is 10.1. The van der Waals surface area contributed by atoms with Gasteiger partial charge in [-0.05, 0) is 47.5 Å². The number of amides is 1. The molecule has 0 fully saturated rings. The first-order valence-corrected chi connectivity index (χ1v) is 7.01. The van der Waals surface area contributed by atoms with Crippen molar-refractivity contribution in [3.05, 3.63) is 67.7 Å². The average Bonchev–Trinajstić information content (AvgIpc) is 2.43. The molecule has 1 amide bonds. The van der Waals surface area contributed by atoms with Crippen LogP contribution < -0.4 is 5.32 Å². The van der Waals surface area contributed by atoms with Gasteiger partial charge in [0.15, 0.2) is 0 Å². The molecule has 0 saturated carbocycles. The van der Waals surface area contributed by atoms with E-state index >= 15 is 0 Å². The summed E-state index contributed by atoms with van der Waals surface area (Å²) in [4.78, 5) is 22.8. The van der Waals surface area contributed by atoms with E-state index in [-0.39, 0.29) is 11.6 Å². The molecule has 0 aliphatic carbocycles. The van der Waals surface area contributed by atoms with E-state index in [1.165, 1.54) is 6.07 Å². The summed E-state index contributed by atoms with van der Waals surface area (Å²) in [7, 11) is 0. The molecule has 0 spiro atoms. The molecule has 1 N–H and O–H groups in total. The second-order valence-electron chi connectivity index (χ2n) is 4.60. The Hall–Kier alpha value is -2.21. The van der Waals surface area contributed by atoms with E-state index < -0.39 is 4.92 Å². The van der Waals surface area contributed by atoms with E-state index in [1.54, 1.807) is 31.2 Å². The fourth-order valence-corrected chi connectivity index (χ4v) is 2.41. The van der Waals surface area contributed by atoms with Crippen LogP contribution in [0.25, 0.3) is 0 Å². The molecular formula is C15H13BrN2O3. The third-order valence-electron chi connectivity index (χ3n) is 3.19. The average molecular weight is 349 g/mol. The van der Waals surface area contributed by atoms with Crippen LogP contribution in [-0.4, -0.2) is 10.8 Å². The zero-order chi connectivity index (χ0) is 15.6. The zero-order valence-electron chi connectivity index (χ0n) is 11.5. The van der Waals surface area contributed by atoms with Crippen LogP contribution in [0.5, 0.6) is 0 Å². The molecule has 0 heterocycles. The maximum Gasteiger partial charge on any atom is 0.274 e. The van der Waals surface area contributed by atoms with Crippen molar-refractivity contribution >= 4 is 33.2 Å². The monoisotopic (exact) mass is 348 g/mol. The van der Waals surface area contributed by atoms with Crippen LogP contribution in [0.2, 0.25) is 0 Å². The van der Waals surface area contributed by atoms with Crippen molar-refractivity contribution in [1.82, 2.24) is 0 Å². The Labute approximate surface area is 130 Å². The maximum atomic E-state index is 12.3. The lowest BCUT2D eigenvalue weighted by Crippen LogP contribution is -2.14.